The van der Waals surface area contributed by atoms with Crippen LogP contribution in [0.25, 0.3) is 5.69 Å². The van der Waals surface area contributed by atoms with Gasteiger partial charge in [0.15, 0.2) is 5.69 Å². The molecule has 0 saturated carbocycles. The summed E-state index contributed by atoms with van der Waals surface area (Å²) in [6.07, 6.45) is 2.27. The first-order chi connectivity index (χ1) is 13.1. The van der Waals surface area contributed by atoms with Gasteiger partial charge in [0.25, 0.3) is 11.6 Å². The van der Waals surface area contributed by atoms with Gasteiger partial charge >= 0.3 is 0 Å². The fourth-order valence-electron chi connectivity index (χ4n) is 2.63. The molecule has 1 amide bonds. The first-order valence-electron chi connectivity index (χ1n) is 8.29. The zero-order valence-corrected chi connectivity index (χ0v) is 14.7. The quantitative estimate of drug-likeness (QED) is 0.512. The van der Waals surface area contributed by atoms with E-state index in [1.165, 1.54) is 16.8 Å². The molecule has 3 rings (SSSR count). The number of nitro benzene ring substituents is 1. The molecule has 3 aromatic rings. The van der Waals surface area contributed by atoms with Gasteiger partial charge in [0.05, 0.1) is 17.7 Å². The Balaban J connectivity index is 1.60. The zero-order chi connectivity index (χ0) is 19.2. The Bertz CT molecular complexity index is 950. The topological polar surface area (TPSA) is 99.3 Å². The number of amides is 1. The molecule has 8 heteroatoms. The third kappa shape index (κ3) is 4.30. The number of benzene rings is 2. The third-order valence-corrected chi connectivity index (χ3v) is 4.02. The van der Waals surface area contributed by atoms with Gasteiger partial charge < -0.3 is 10.1 Å². The van der Waals surface area contributed by atoms with Gasteiger partial charge in [-0.05, 0) is 36.2 Å². The lowest BCUT2D eigenvalue weighted by Gasteiger charge is -2.08. The Labute approximate surface area is 155 Å². The van der Waals surface area contributed by atoms with E-state index < -0.39 is 4.92 Å². The summed E-state index contributed by atoms with van der Waals surface area (Å²) in [5.74, 6) is 0.500. The first kappa shape index (κ1) is 18.1. The molecular weight excluding hydrogens is 348 g/mol. The average molecular weight is 366 g/mol. The van der Waals surface area contributed by atoms with E-state index >= 15 is 0 Å². The Hall–Kier alpha value is -3.68. The summed E-state index contributed by atoms with van der Waals surface area (Å²) in [5, 5.41) is 17.8. The highest BCUT2D eigenvalue weighted by atomic mass is 16.6. The molecule has 1 heterocycles. The van der Waals surface area contributed by atoms with Crippen LogP contribution in [0.1, 0.15) is 16.1 Å². The minimum absolute atomic E-state index is 0.000197. The fourth-order valence-corrected chi connectivity index (χ4v) is 2.63. The summed E-state index contributed by atoms with van der Waals surface area (Å²) in [5.41, 5.74) is 1.92. The standard InChI is InChI=1S/C19H18N4O4/c1-27-18-5-3-2-4-14(18)10-12-20-19(24)17-11-13-22(21-17)15-6-8-16(9-7-15)23(25)26/h2-9,11,13H,10,12H2,1H3,(H,20,24). The average Bonchev–Trinajstić information content (AvgIpc) is 3.18. The minimum Gasteiger partial charge on any atom is -0.496 e. The summed E-state index contributed by atoms with van der Waals surface area (Å²) in [6.45, 7) is 0.448. The summed E-state index contributed by atoms with van der Waals surface area (Å²) < 4.78 is 6.79. The number of aromatic nitrogens is 2. The molecule has 0 bridgehead atoms. The number of hydrogen-bond donors (Lipinski definition) is 1. The van der Waals surface area contributed by atoms with Crippen LogP contribution in [0.4, 0.5) is 5.69 Å². The van der Waals surface area contributed by atoms with Gasteiger partial charge in [0.1, 0.15) is 5.75 Å². The molecule has 0 atom stereocenters. The Morgan fingerprint density at radius 3 is 2.63 bits per heavy atom. The fraction of sp³-hybridized carbons (Fsp3) is 0.158. The van der Waals surface area contributed by atoms with E-state index in [1.54, 1.807) is 31.5 Å². The second-order valence-corrected chi connectivity index (χ2v) is 5.74. The number of nitrogens with one attached hydrogen (secondary N) is 1. The molecule has 27 heavy (non-hydrogen) atoms. The van der Waals surface area contributed by atoms with Crippen LogP contribution in [-0.2, 0) is 6.42 Å². The number of para-hydroxylation sites is 1. The van der Waals surface area contributed by atoms with Crippen molar-refractivity contribution in [2.24, 2.45) is 0 Å². The van der Waals surface area contributed by atoms with Gasteiger partial charge in [-0.25, -0.2) is 4.68 Å². The predicted molar refractivity (Wildman–Crippen MR) is 99.2 cm³/mol. The summed E-state index contributed by atoms with van der Waals surface area (Å²) in [4.78, 5) is 22.5. The molecule has 0 radical (unpaired) electrons. The number of methoxy groups -OCH3 is 1. The Kier molecular flexibility index (Phi) is 5.46. The van der Waals surface area contributed by atoms with Crippen LogP contribution >= 0.6 is 0 Å². The number of ether oxygens (including phenoxy) is 1. The minimum atomic E-state index is -0.465. The van der Waals surface area contributed by atoms with Gasteiger partial charge in [-0.1, -0.05) is 18.2 Å². The van der Waals surface area contributed by atoms with Crippen LogP contribution in [0.3, 0.4) is 0 Å². The van der Waals surface area contributed by atoms with Crippen molar-refractivity contribution in [3.63, 3.8) is 0 Å². The highest BCUT2D eigenvalue weighted by molar-refractivity contribution is 5.92. The second-order valence-electron chi connectivity index (χ2n) is 5.74. The number of rotatable bonds is 7. The van der Waals surface area contributed by atoms with E-state index in [0.717, 1.165) is 11.3 Å². The lowest BCUT2D eigenvalue weighted by molar-refractivity contribution is -0.384. The van der Waals surface area contributed by atoms with Crippen LogP contribution in [-0.4, -0.2) is 34.3 Å². The van der Waals surface area contributed by atoms with Crippen molar-refractivity contribution in [1.82, 2.24) is 15.1 Å². The van der Waals surface area contributed by atoms with Gasteiger partial charge in [-0.3, -0.25) is 14.9 Å². The molecule has 0 aliphatic carbocycles. The molecule has 0 aliphatic heterocycles. The van der Waals surface area contributed by atoms with Crippen molar-refractivity contribution in [1.29, 1.82) is 0 Å². The zero-order valence-electron chi connectivity index (χ0n) is 14.7. The van der Waals surface area contributed by atoms with Crippen molar-refractivity contribution in [3.8, 4) is 11.4 Å². The second kappa shape index (κ2) is 8.13. The van der Waals surface area contributed by atoms with Gasteiger partial charge in [-0.2, -0.15) is 5.10 Å². The van der Waals surface area contributed by atoms with Crippen molar-refractivity contribution < 1.29 is 14.5 Å². The van der Waals surface area contributed by atoms with Crippen molar-refractivity contribution in [2.75, 3.05) is 13.7 Å². The molecule has 0 aliphatic rings. The van der Waals surface area contributed by atoms with E-state index in [4.69, 9.17) is 4.74 Å². The lowest BCUT2D eigenvalue weighted by Crippen LogP contribution is -2.26. The van der Waals surface area contributed by atoms with Crippen molar-refractivity contribution >= 4 is 11.6 Å². The normalized spacial score (nSPS) is 10.4. The summed E-state index contributed by atoms with van der Waals surface area (Å²) in [7, 11) is 1.61. The van der Waals surface area contributed by atoms with E-state index in [0.29, 0.717) is 18.7 Å². The summed E-state index contributed by atoms with van der Waals surface area (Å²) in [6, 6.07) is 15.2. The molecule has 0 saturated heterocycles. The number of carbonyl (C=O) groups is 1. The number of nitrogens with zero attached hydrogens (tertiary/aromatic N) is 3. The van der Waals surface area contributed by atoms with Gasteiger partial charge in [0.2, 0.25) is 0 Å². The smallest absolute Gasteiger partial charge is 0.271 e. The van der Waals surface area contributed by atoms with Crippen molar-refractivity contribution in [2.45, 2.75) is 6.42 Å². The van der Waals surface area contributed by atoms with E-state index in [9.17, 15) is 14.9 Å². The molecule has 1 aromatic heterocycles. The van der Waals surface area contributed by atoms with Gasteiger partial charge in [-0.15, -0.1) is 0 Å². The van der Waals surface area contributed by atoms with Gasteiger partial charge in [0, 0.05) is 24.9 Å². The number of non-ortho nitro benzene ring substituents is 1. The molecule has 0 fully saturated rings. The molecule has 8 nitrogen and oxygen atoms in total. The number of nitro groups is 1. The Morgan fingerprint density at radius 2 is 1.93 bits per heavy atom. The maximum atomic E-state index is 12.3. The highest BCUT2D eigenvalue weighted by Crippen LogP contribution is 2.17. The molecular formula is C19H18N4O4. The highest BCUT2D eigenvalue weighted by Gasteiger charge is 2.11. The molecule has 0 unspecified atom stereocenters. The largest absolute Gasteiger partial charge is 0.496 e. The summed E-state index contributed by atoms with van der Waals surface area (Å²) >= 11 is 0. The van der Waals surface area contributed by atoms with E-state index in [2.05, 4.69) is 10.4 Å². The van der Waals surface area contributed by atoms with E-state index in [-0.39, 0.29) is 17.3 Å². The maximum Gasteiger partial charge on any atom is 0.271 e. The van der Waals surface area contributed by atoms with Crippen molar-refractivity contribution in [3.05, 3.63) is 82.2 Å². The first-order valence-corrected chi connectivity index (χ1v) is 8.29. The number of carbonyl (C=O) groups excluding carboxylic acids is 1. The Morgan fingerprint density at radius 1 is 1.19 bits per heavy atom. The lowest BCUT2D eigenvalue weighted by atomic mass is 10.1. The molecule has 0 spiro atoms. The van der Waals surface area contributed by atoms with Crippen LogP contribution in [0.2, 0.25) is 0 Å². The SMILES string of the molecule is COc1ccccc1CCNC(=O)c1ccn(-c2ccc([N+](=O)[O-])cc2)n1. The van der Waals surface area contributed by atoms with Crippen LogP contribution < -0.4 is 10.1 Å². The molecule has 2 aromatic carbocycles. The third-order valence-electron chi connectivity index (χ3n) is 4.02. The molecule has 1 N–H and O–H groups in total. The number of hydrogen-bond acceptors (Lipinski definition) is 5. The van der Waals surface area contributed by atoms with Crippen LogP contribution in [0.5, 0.6) is 5.75 Å². The van der Waals surface area contributed by atoms with E-state index in [1.807, 2.05) is 24.3 Å². The van der Waals surface area contributed by atoms with Crippen LogP contribution in [0.15, 0.2) is 60.8 Å². The maximum absolute atomic E-state index is 12.3. The predicted octanol–water partition coefficient (Wildman–Crippen LogP) is 2.76. The van der Waals surface area contributed by atoms with Crippen LogP contribution in [0, 0.1) is 10.1 Å². The monoisotopic (exact) mass is 366 g/mol. The molecule has 138 valence electrons.